The largest absolute Gasteiger partial charge is 0.417 e. The molecule has 2 heterocycles. The van der Waals surface area contributed by atoms with Gasteiger partial charge in [-0.15, -0.1) is 11.3 Å². The predicted molar refractivity (Wildman–Crippen MR) is 74.8 cm³/mol. The number of carbonyl (C=O) groups excluding carboxylic acids is 1. The average Bonchev–Trinajstić information content (AvgIpc) is 2.61. The van der Waals surface area contributed by atoms with Crippen LogP contribution in [-0.4, -0.2) is 40.8 Å². The predicted octanol–water partition coefficient (Wildman–Crippen LogP) is 3.63. The molecular weight excluding hydrogens is 327 g/mol. The summed E-state index contributed by atoms with van der Waals surface area (Å²) >= 11 is 7.21. The Morgan fingerprint density at radius 2 is 2.10 bits per heavy atom. The van der Waals surface area contributed by atoms with Crippen molar-refractivity contribution in [1.29, 1.82) is 0 Å². The molecule has 0 saturated carbocycles. The number of amides is 1. The van der Waals surface area contributed by atoms with E-state index in [0.717, 1.165) is 5.56 Å². The molecule has 1 aliphatic heterocycles. The van der Waals surface area contributed by atoms with Gasteiger partial charge in [0.1, 0.15) is 4.88 Å². The molecule has 1 atom stereocenters. The van der Waals surface area contributed by atoms with Gasteiger partial charge in [0.15, 0.2) is 5.60 Å². The fraction of sp³-hybridized carbons (Fsp3) is 0.615. The molecule has 0 aliphatic carbocycles. The van der Waals surface area contributed by atoms with Crippen molar-refractivity contribution in [2.45, 2.75) is 38.0 Å². The molecule has 0 spiro atoms. The summed E-state index contributed by atoms with van der Waals surface area (Å²) in [5, 5.41) is 11.8. The molecule has 1 saturated heterocycles. The van der Waals surface area contributed by atoms with Crippen molar-refractivity contribution >= 4 is 28.8 Å². The number of thiophene rings is 1. The average molecular weight is 342 g/mol. The van der Waals surface area contributed by atoms with Crippen molar-refractivity contribution in [3.63, 3.8) is 0 Å². The van der Waals surface area contributed by atoms with Gasteiger partial charge in [0, 0.05) is 19.5 Å². The van der Waals surface area contributed by atoms with Crippen LogP contribution in [0.2, 0.25) is 5.02 Å². The maximum Gasteiger partial charge on any atom is 0.417 e. The lowest BCUT2D eigenvalue weighted by atomic mass is 9.94. The number of likely N-dealkylation sites (tertiary alicyclic amines) is 1. The highest BCUT2D eigenvalue weighted by Gasteiger charge is 2.53. The minimum absolute atomic E-state index is 0.101. The summed E-state index contributed by atoms with van der Waals surface area (Å²) in [4.78, 5) is 14.0. The molecule has 1 amide bonds. The van der Waals surface area contributed by atoms with Gasteiger partial charge in [0.2, 0.25) is 0 Å². The first-order valence-electron chi connectivity index (χ1n) is 6.48. The third-order valence-electron chi connectivity index (χ3n) is 3.72. The SMILES string of the molecule is Cc1csc(C(=O)N2CCCC(O)(C(F)(F)F)CC2)c1Cl. The molecular formula is C13H15ClF3NO2S. The van der Waals surface area contributed by atoms with Gasteiger partial charge in [-0.1, -0.05) is 11.6 Å². The first-order chi connectivity index (χ1) is 9.66. The molecule has 1 aromatic heterocycles. The fourth-order valence-corrected chi connectivity index (χ4v) is 3.56. The van der Waals surface area contributed by atoms with Gasteiger partial charge < -0.3 is 10.0 Å². The quantitative estimate of drug-likeness (QED) is 0.847. The van der Waals surface area contributed by atoms with Gasteiger partial charge in [-0.25, -0.2) is 0 Å². The van der Waals surface area contributed by atoms with Gasteiger partial charge in [0.05, 0.1) is 5.02 Å². The van der Waals surface area contributed by atoms with Crippen molar-refractivity contribution in [1.82, 2.24) is 4.90 Å². The Morgan fingerprint density at radius 1 is 1.43 bits per heavy atom. The van der Waals surface area contributed by atoms with E-state index >= 15 is 0 Å². The molecule has 118 valence electrons. The Balaban J connectivity index is 2.14. The number of aryl methyl sites for hydroxylation is 1. The second-order valence-corrected chi connectivity index (χ2v) is 6.49. The molecule has 0 bridgehead atoms. The lowest BCUT2D eigenvalue weighted by Crippen LogP contribution is -2.46. The first-order valence-corrected chi connectivity index (χ1v) is 7.73. The molecule has 1 unspecified atom stereocenters. The van der Waals surface area contributed by atoms with Crippen molar-refractivity contribution in [3.8, 4) is 0 Å². The molecule has 2 rings (SSSR count). The Bertz CT molecular complexity index is 546. The molecule has 1 N–H and O–H groups in total. The second-order valence-electron chi connectivity index (χ2n) is 5.24. The summed E-state index contributed by atoms with van der Waals surface area (Å²) < 4.78 is 38.6. The normalized spacial score (nSPS) is 24.0. The Hall–Kier alpha value is -0.790. The zero-order chi connectivity index (χ0) is 15.8. The summed E-state index contributed by atoms with van der Waals surface area (Å²) in [5.74, 6) is -0.371. The van der Waals surface area contributed by atoms with Crippen molar-refractivity contribution in [2.75, 3.05) is 13.1 Å². The number of hydrogen-bond acceptors (Lipinski definition) is 3. The van der Waals surface area contributed by atoms with E-state index in [2.05, 4.69) is 0 Å². The Kier molecular flexibility index (Phi) is 4.56. The smallest absolute Gasteiger partial charge is 0.380 e. The van der Waals surface area contributed by atoms with Crippen LogP contribution in [0.25, 0.3) is 0 Å². The number of aliphatic hydroxyl groups is 1. The number of halogens is 4. The number of alkyl halides is 3. The summed E-state index contributed by atoms with van der Waals surface area (Å²) in [7, 11) is 0. The van der Waals surface area contributed by atoms with Crippen LogP contribution >= 0.6 is 22.9 Å². The summed E-state index contributed by atoms with van der Waals surface area (Å²) in [6, 6.07) is 0. The molecule has 0 radical (unpaired) electrons. The van der Waals surface area contributed by atoms with E-state index in [9.17, 15) is 23.1 Å². The fourth-order valence-electron chi connectivity index (χ4n) is 2.32. The van der Waals surface area contributed by atoms with Crippen molar-refractivity contribution < 1.29 is 23.1 Å². The maximum atomic E-state index is 12.9. The molecule has 8 heteroatoms. The van der Waals surface area contributed by atoms with Gasteiger partial charge >= 0.3 is 6.18 Å². The topological polar surface area (TPSA) is 40.5 Å². The number of hydrogen-bond donors (Lipinski definition) is 1. The Morgan fingerprint density at radius 3 is 2.62 bits per heavy atom. The minimum atomic E-state index is -4.68. The van der Waals surface area contributed by atoms with Gasteiger partial charge in [0.25, 0.3) is 5.91 Å². The molecule has 3 nitrogen and oxygen atoms in total. The lowest BCUT2D eigenvalue weighted by Gasteiger charge is -2.29. The summed E-state index contributed by atoms with van der Waals surface area (Å²) in [5.41, 5.74) is -1.94. The van der Waals surface area contributed by atoms with E-state index < -0.39 is 24.6 Å². The highest BCUT2D eigenvalue weighted by Crippen LogP contribution is 2.39. The van der Waals surface area contributed by atoms with Crippen molar-refractivity contribution in [3.05, 3.63) is 20.8 Å². The van der Waals surface area contributed by atoms with Crippen LogP contribution in [0.3, 0.4) is 0 Å². The Labute approximate surface area is 129 Å². The van der Waals surface area contributed by atoms with Crippen LogP contribution in [0, 0.1) is 6.92 Å². The van der Waals surface area contributed by atoms with E-state index in [-0.39, 0.29) is 25.4 Å². The number of nitrogens with zero attached hydrogens (tertiary/aromatic N) is 1. The first kappa shape index (κ1) is 16.6. The van der Waals surface area contributed by atoms with Crippen LogP contribution in [0.15, 0.2) is 5.38 Å². The standard InChI is InChI=1S/C13H15ClF3NO2S/c1-8-7-21-10(9(8)14)11(19)18-5-2-3-12(20,4-6-18)13(15,16)17/h7,20H,2-6H2,1H3. The minimum Gasteiger partial charge on any atom is -0.380 e. The molecule has 21 heavy (non-hydrogen) atoms. The van der Waals surface area contributed by atoms with Crippen LogP contribution < -0.4 is 0 Å². The summed E-state index contributed by atoms with van der Waals surface area (Å²) in [6.07, 6.45) is -5.48. The summed E-state index contributed by atoms with van der Waals surface area (Å²) in [6.45, 7) is 1.81. The van der Waals surface area contributed by atoms with E-state index in [0.29, 0.717) is 9.90 Å². The highest BCUT2D eigenvalue weighted by atomic mass is 35.5. The van der Waals surface area contributed by atoms with E-state index in [4.69, 9.17) is 11.6 Å². The van der Waals surface area contributed by atoms with Crippen molar-refractivity contribution in [2.24, 2.45) is 0 Å². The zero-order valence-electron chi connectivity index (χ0n) is 11.3. The third-order valence-corrected chi connectivity index (χ3v) is 5.41. The zero-order valence-corrected chi connectivity index (χ0v) is 12.9. The third kappa shape index (κ3) is 3.19. The van der Waals surface area contributed by atoms with Crippen LogP contribution in [0.5, 0.6) is 0 Å². The van der Waals surface area contributed by atoms with E-state index in [1.807, 2.05) is 0 Å². The molecule has 1 fully saturated rings. The number of carbonyl (C=O) groups is 1. The highest BCUT2D eigenvalue weighted by molar-refractivity contribution is 7.13. The van der Waals surface area contributed by atoms with Crippen LogP contribution in [-0.2, 0) is 0 Å². The lowest BCUT2D eigenvalue weighted by molar-refractivity contribution is -0.263. The van der Waals surface area contributed by atoms with Gasteiger partial charge in [-0.05, 0) is 30.7 Å². The van der Waals surface area contributed by atoms with E-state index in [1.54, 1.807) is 12.3 Å². The van der Waals surface area contributed by atoms with Gasteiger partial charge in [-0.3, -0.25) is 4.79 Å². The molecule has 1 aromatic rings. The second kappa shape index (κ2) is 5.78. The number of rotatable bonds is 1. The molecule has 1 aliphatic rings. The monoisotopic (exact) mass is 341 g/mol. The van der Waals surface area contributed by atoms with Crippen LogP contribution in [0.1, 0.15) is 34.5 Å². The molecule has 0 aromatic carbocycles. The van der Waals surface area contributed by atoms with Gasteiger partial charge in [-0.2, -0.15) is 13.2 Å². The van der Waals surface area contributed by atoms with Crippen LogP contribution in [0.4, 0.5) is 13.2 Å². The maximum absolute atomic E-state index is 12.9. The van der Waals surface area contributed by atoms with E-state index in [1.165, 1.54) is 16.2 Å².